The summed E-state index contributed by atoms with van der Waals surface area (Å²) in [4.78, 5) is 0. The predicted octanol–water partition coefficient (Wildman–Crippen LogP) is 0.455. The second kappa shape index (κ2) is 2.96. The van der Waals surface area contributed by atoms with Gasteiger partial charge in [0.25, 0.3) is 0 Å². The van der Waals surface area contributed by atoms with Crippen LogP contribution in [0.5, 0.6) is 0 Å². The summed E-state index contributed by atoms with van der Waals surface area (Å²) in [7, 11) is 0. The lowest BCUT2D eigenvalue weighted by atomic mass is 9.88. The van der Waals surface area contributed by atoms with E-state index in [1.54, 1.807) is 0 Å². The molecule has 68 valence electrons. The Balaban J connectivity index is 2.61. The fourth-order valence-corrected chi connectivity index (χ4v) is 1.74. The Kier molecular flexibility index (Phi) is 1.77. The first-order valence-corrected chi connectivity index (χ1v) is 4.02. The maximum absolute atomic E-state index is 8.81. The molecule has 2 aliphatic rings. The van der Waals surface area contributed by atoms with Crippen LogP contribution in [0.3, 0.4) is 0 Å². The molecule has 0 unspecified atom stereocenters. The largest absolute Gasteiger partial charge is 0.353 e. The maximum Gasteiger partial charge on any atom is 0.131 e. The van der Waals surface area contributed by atoms with Gasteiger partial charge in [-0.1, -0.05) is 0 Å². The molecule has 0 fully saturated rings. The van der Waals surface area contributed by atoms with Crippen LogP contribution in [0.4, 0.5) is 0 Å². The van der Waals surface area contributed by atoms with Gasteiger partial charge in [0.05, 0.1) is 46.6 Å². The van der Waals surface area contributed by atoms with Crippen LogP contribution in [0.15, 0.2) is 22.3 Å². The highest BCUT2D eigenvalue weighted by molar-refractivity contribution is 5.64. The lowest BCUT2D eigenvalue weighted by Crippen LogP contribution is -2.11. The highest BCUT2D eigenvalue weighted by Gasteiger charge is 2.47. The van der Waals surface area contributed by atoms with Crippen LogP contribution in [0.2, 0.25) is 0 Å². The number of fused-ring (bicyclic) bond motifs is 2. The number of nitrogens with zero attached hydrogens (tertiary/aromatic N) is 4. The van der Waals surface area contributed by atoms with Gasteiger partial charge in [-0.05, 0) is 0 Å². The summed E-state index contributed by atoms with van der Waals surface area (Å²) in [6.45, 7) is 0. The van der Waals surface area contributed by atoms with Crippen LogP contribution >= 0.6 is 0 Å². The predicted molar refractivity (Wildman–Crippen MR) is 45.2 cm³/mol. The molecular weight excluding hydrogens is 192 g/mol. The monoisotopic (exact) mass is 194 g/mol. The number of rotatable bonds is 0. The second-order valence-electron chi connectivity index (χ2n) is 3.00. The zero-order valence-corrected chi connectivity index (χ0v) is 7.35. The van der Waals surface area contributed by atoms with Crippen LogP contribution in [0.25, 0.3) is 0 Å². The first-order valence-electron chi connectivity index (χ1n) is 4.02. The van der Waals surface area contributed by atoms with E-state index in [1.165, 1.54) is 0 Å². The average molecular weight is 194 g/mol. The molecule has 5 nitrogen and oxygen atoms in total. The third-order valence-corrected chi connectivity index (χ3v) is 2.38. The fraction of sp³-hybridized carbons (Fsp3) is 0.200. The third kappa shape index (κ3) is 0.903. The summed E-state index contributed by atoms with van der Waals surface area (Å²) >= 11 is 0. The van der Waals surface area contributed by atoms with Gasteiger partial charge in [-0.2, -0.15) is 21.0 Å². The molecule has 0 aromatic rings. The number of ether oxygens (including phenoxy) is 1. The number of hydrogen-bond acceptors (Lipinski definition) is 5. The van der Waals surface area contributed by atoms with Crippen LogP contribution in [-0.2, 0) is 4.74 Å². The third-order valence-electron chi connectivity index (χ3n) is 2.38. The van der Waals surface area contributed by atoms with E-state index in [0.29, 0.717) is 0 Å². The fourth-order valence-electron chi connectivity index (χ4n) is 1.74. The Hall–Kier alpha value is -2.60. The molecule has 0 N–H and O–H groups in total. The van der Waals surface area contributed by atoms with Gasteiger partial charge >= 0.3 is 0 Å². The van der Waals surface area contributed by atoms with Crippen LogP contribution in [-0.4, -0.2) is 12.2 Å². The molecule has 0 aliphatic carbocycles. The number of nitriles is 4. The van der Waals surface area contributed by atoms with Gasteiger partial charge < -0.3 is 4.74 Å². The molecule has 2 bridgehead atoms. The van der Waals surface area contributed by atoms with Crippen molar-refractivity contribution >= 4 is 0 Å². The minimum atomic E-state index is -0.811. The van der Waals surface area contributed by atoms with Crippen molar-refractivity contribution in [1.29, 1.82) is 21.0 Å². The topological polar surface area (TPSA) is 104 Å². The van der Waals surface area contributed by atoms with Crippen LogP contribution in [0, 0.1) is 45.3 Å². The highest BCUT2D eigenvalue weighted by Crippen LogP contribution is 2.42. The first-order chi connectivity index (χ1) is 7.28. The molecule has 5 heteroatoms. The van der Waals surface area contributed by atoms with E-state index in [-0.39, 0.29) is 22.3 Å². The lowest BCUT2D eigenvalue weighted by Gasteiger charge is -2.05. The summed E-state index contributed by atoms with van der Waals surface area (Å²) in [6.07, 6.45) is -1.62. The lowest BCUT2D eigenvalue weighted by molar-refractivity contribution is 0.125. The molecular formula is C10H2N4O. The Labute approximate surface area is 85.3 Å². The molecule has 15 heavy (non-hydrogen) atoms. The highest BCUT2D eigenvalue weighted by atomic mass is 16.5. The molecule has 0 atom stereocenters. The maximum atomic E-state index is 8.81. The molecule has 2 rings (SSSR count). The van der Waals surface area contributed by atoms with E-state index >= 15 is 0 Å². The van der Waals surface area contributed by atoms with E-state index in [2.05, 4.69) is 0 Å². The van der Waals surface area contributed by atoms with E-state index in [1.807, 2.05) is 24.3 Å². The average Bonchev–Trinajstić information content (AvgIpc) is 2.80. The van der Waals surface area contributed by atoms with Crippen LogP contribution < -0.4 is 0 Å². The Morgan fingerprint density at radius 3 is 1.13 bits per heavy atom. The minimum absolute atomic E-state index is 0.151. The summed E-state index contributed by atoms with van der Waals surface area (Å²) in [5.74, 6) is 0. The van der Waals surface area contributed by atoms with Gasteiger partial charge in [-0.25, -0.2) is 0 Å². The molecule has 2 heterocycles. The van der Waals surface area contributed by atoms with Crippen molar-refractivity contribution in [2.24, 2.45) is 0 Å². The van der Waals surface area contributed by atoms with Gasteiger partial charge in [0.15, 0.2) is 0 Å². The van der Waals surface area contributed by atoms with E-state index < -0.39 is 12.2 Å². The minimum Gasteiger partial charge on any atom is -0.353 e. The van der Waals surface area contributed by atoms with Crippen molar-refractivity contribution in [2.45, 2.75) is 12.2 Å². The molecule has 0 spiro atoms. The quantitative estimate of drug-likeness (QED) is 0.556. The van der Waals surface area contributed by atoms with Gasteiger partial charge in [0, 0.05) is 0 Å². The zero-order valence-electron chi connectivity index (χ0n) is 7.35. The Morgan fingerprint density at radius 2 is 0.933 bits per heavy atom. The van der Waals surface area contributed by atoms with Gasteiger partial charge in [0.2, 0.25) is 0 Å². The van der Waals surface area contributed by atoms with Crippen molar-refractivity contribution in [3.05, 3.63) is 22.3 Å². The van der Waals surface area contributed by atoms with Crippen molar-refractivity contribution < 1.29 is 4.74 Å². The Bertz CT molecular complexity index is 471. The zero-order chi connectivity index (χ0) is 11.0. The molecule has 2 aliphatic heterocycles. The van der Waals surface area contributed by atoms with Crippen molar-refractivity contribution in [3.63, 3.8) is 0 Å². The van der Waals surface area contributed by atoms with Crippen LogP contribution in [0.1, 0.15) is 0 Å². The molecule has 0 saturated carbocycles. The van der Waals surface area contributed by atoms with E-state index in [0.717, 1.165) is 0 Å². The van der Waals surface area contributed by atoms with Crippen molar-refractivity contribution in [1.82, 2.24) is 0 Å². The summed E-state index contributed by atoms with van der Waals surface area (Å²) in [6, 6.07) is 7.37. The van der Waals surface area contributed by atoms with E-state index in [9.17, 15) is 0 Å². The summed E-state index contributed by atoms with van der Waals surface area (Å²) in [5, 5.41) is 35.2. The summed E-state index contributed by atoms with van der Waals surface area (Å²) < 4.78 is 5.25. The molecule has 0 aromatic carbocycles. The summed E-state index contributed by atoms with van der Waals surface area (Å²) in [5.41, 5.74) is 0.604. The molecule has 0 saturated heterocycles. The van der Waals surface area contributed by atoms with Crippen molar-refractivity contribution in [3.8, 4) is 24.3 Å². The standard InChI is InChI=1S/C10H2N4O/c11-1-5-6(2-12)10-8(4-14)7(3-13)9(5)15-10/h9-10H. The Morgan fingerprint density at radius 1 is 0.667 bits per heavy atom. The van der Waals surface area contributed by atoms with Gasteiger partial charge in [-0.3, -0.25) is 0 Å². The number of hydrogen-bond donors (Lipinski definition) is 0. The van der Waals surface area contributed by atoms with E-state index in [4.69, 9.17) is 25.8 Å². The first kappa shape index (κ1) is 8.97. The SMILES string of the molecule is N#CC1=C(C#N)C2OC1C(C#N)=C2C#N. The van der Waals surface area contributed by atoms with Gasteiger partial charge in [-0.15, -0.1) is 0 Å². The normalized spacial score (nSPS) is 26.9. The molecule has 0 radical (unpaired) electrons. The molecule has 0 aromatic heterocycles. The second-order valence-corrected chi connectivity index (χ2v) is 3.00. The molecule has 0 amide bonds. The van der Waals surface area contributed by atoms with Gasteiger partial charge in [0.1, 0.15) is 12.2 Å². The smallest absolute Gasteiger partial charge is 0.131 e. The van der Waals surface area contributed by atoms with Crippen molar-refractivity contribution in [2.75, 3.05) is 0 Å².